The number of hydrogen-bond donors (Lipinski definition) is 4. The van der Waals surface area contributed by atoms with Crippen molar-refractivity contribution in [3.63, 3.8) is 0 Å². The van der Waals surface area contributed by atoms with E-state index in [0.717, 1.165) is 42.4 Å². The first-order valence-corrected chi connectivity index (χ1v) is 13.9. The van der Waals surface area contributed by atoms with Crippen molar-refractivity contribution in [3.8, 4) is 6.07 Å². The van der Waals surface area contributed by atoms with Gasteiger partial charge in [-0.15, -0.1) is 8.61 Å². The summed E-state index contributed by atoms with van der Waals surface area (Å²) in [6, 6.07) is 10.3. The van der Waals surface area contributed by atoms with Gasteiger partial charge in [0.25, 0.3) is 0 Å². The molecular formula is C25H33N9O2S. The van der Waals surface area contributed by atoms with Crippen LogP contribution in [0.3, 0.4) is 0 Å². The van der Waals surface area contributed by atoms with Crippen LogP contribution in [0.5, 0.6) is 0 Å². The van der Waals surface area contributed by atoms with E-state index >= 15 is 0 Å². The first kappa shape index (κ1) is 25.7. The fourth-order valence-electron chi connectivity index (χ4n) is 5.19. The van der Waals surface area contributed by atoms with Crippen LogP contribution in [0, 0.1) is 17.2 Å². The summed E-state index contributed by atoms with van der Waals surface area (Å²) in [5, 5.41) is 33.2. The zero-order chi connectivity index (χ0) is 25.9. The molecule has 0 aliphatic carbocycles. The summed E-state index contributed by atoms with van der Waals surface area (Å²) in [7, 11) is 0. The van der Waals surface area contributed by atoms with E-state index in [9.17, 15) is 9.66 Å². The maximum absolute atomic E-state index is 13.4. The van der Waals surface area contributed by atoms with Crippen molar-refractivity contribution < 1.29 is 9.66 Å². The molecule has 4 N–H and O–H groups in total. The van der Waals surface area contributed by atoms with Gasteiger partial charge in [-0.05, 0) is 37.8 Å². The molecule has 0 amide bonds. The number of nitrogens with zero attached hydrogens (tertiary/aromatic N) is 6. The highest BCUT2D eigenvalue weighted by Gasteiger charge is 2.47. The van der Waals surface area contributed by atoms with Crippen molar-refractivity contribution >= 4 is 39.9 Å². The molecule has 11 nitrogen and oxygen atoms in total. The highest BCUT2D eigenvalue weighted by molar-refractivity contribution is 7.86. The first-order chi connectivity index (χ1) is 18.0. The van der Waals surface area contributed by atoms with Crippen LogP contribution >= 0.6 is 0 Å². The van der Waals surface area contributed by atoms with Crippen LogP contribution in [0.1, 0.15) is 45.2 Å². The maximum atomic E-state index is 13.4. The molecule has 2 fully saturated rings. The number of piperidine rings is 1. The summed E-state index contributed by atoms with van der Waals surface area (Å²) in [6.45, 7) is 5.32. The molecule has 5 rings (SSSR count). The zero-order valence-corrected chi connectivity index (χ0v) is 21.9. The number of pyridine rings is 2. The van der Waals surface area contributed by atoms with Gasteiger partial charge in [0.05, 0.1) is 55.0 Å². The Hall–Kier alpha value is -2.95. The lowest BCUT2D eigenvalue weighted by Crippen LogP contribution is -2.62. The molecule has 4 atom stereocenters. The van der Waals surface area contributed by atoms with Crippen LogP contribution in [0.15, 0.2) is 30.5 Å². The number of nitrogens with one attached hydrogen (secondary N) is 3. The minimum atomic E-state index is -1.23. The van der Waals surface area contributed by atoms with Crippen molar-refractivity contribution in [3.05, 3.63) is 36.2 Å². The van der Waals surface area contributed by atoms with E-state index in [-0.39, 0.29) is 30.7 Å². The second-order valence-corrected chi connectivity index (χ2v) is 11.1. The summed E-state index contributed by atoms with van der Waals surface area (Å²) in [5.74, 6) is 1.89. The maximum Gasteiger partial charge on any atom is 0.153 e. The lowest BCUT2D eigenvalue weighted by molar-refractivity contribution is 0.135. The van der Waals surface area contributed by atoms with Crippen molar-refractivity contribution in [1.82, 2.24) is 28.8 Å². The predicted octanol–water partition coefficient (Wildman–Crippen LogP) is 3.06. The van der Waals surface area contributed by atoms with E-state index < -0.39 is 11.5 Å². The number of H-pyrrole nitrogens is 1. The van der Waals surface area contributed by atoms with Gasteiger partial charge in [-0.1, -0.05) is 13.8 Å². The van der Waals surface area contributed by atoms with E-state index in [0.29, 0.717) is 30.4 Å². The third-order valence-electron chi connectivity index (χ3n) is 7.20. The number of hydrogen-bond acceptors (Lipinski definition) is 10. The quantitative estimate of drug-likeness (QED) is 0.308. The molecule has 2 aliphatic heterocycles. The van der Waals surface area contributed by atoms with Crippen molar-refractivity contribution in [2.24, 2.45) is 5.92 Å². The van der Waals surface area contributed by atoms with E-state index in [1.807, 2.05) is 22.5 Å². The van der Waals surface area contributed by atoms with Gasteiger partial charge in [-0.25, -0.2) is 4.98 Å². The van der Waals surface area contributed by atoms with E-state index in [1.165, 1.54) is 0 Å². The molecule has 3 aromatic rings. The minimum Gasteiger partial charge on any atom is -0.578 e. The molecule has 5 heterocycles. The SMILES string of the molecule is CC[C@@H]1CC(Nc2nc(Nc3cc(CO)[nH]n3)cc3ncccc23)C[C@H](CC)N1[S+]([O-])N1CC(C#N)C1. The van der Waals surface area contributed by atoms with Gasteiger partial charge in [0.1, 0.15) is 23.2 Å². The van der Waals surface area contributed by atoms with Crippen LogP contribution in [-0.2, 0) is 18.2 Å². The number of anilines is 3. The Morgan fingerprint density at radius 1 is 1.22 bits per heavy atom. The number of aliphatic hydroxyl groups excluding tert-OH is 1. The number of aliphatic hydroxyl groups is 1. The third-order valence-corrected chi connectivity index (χ3v) is 8.90. The number of aromatic nitrogens is 4. The van der Waals surface area contributed by atoms with E-state index in [1.54, 1.807) is 12.3 Å². The van der Waals surface area contributed by atoms with Gasteiger partial charge in [0.15, 0.2) is 5.82 Å². The van der Waals surface area contributed by atoms with Gasteiger partial charge in [-0.2, -0.15) is 10.4 Å². The Labute approximate surface area is 219 Å². The van der Waals surface area contributed by atoms with Crippen LogP contribution in [-0.4, -0.2) is 69.7 Å². The zero-order valence-electron chi connectivity index (χ0n) is 21.1. The van der Waals surface area contributed by atoms with Crippen LogP contribution in [0.25, 0.3) is 10.9 Å². The molecule has 0 bridgehead atoms. The summed E-state index contributed by atoms with van der Waals surface area (Å²) in [6.07, 6.45) is 5.22. The third kappa shape index (κ3) is 5.37. The van der Waals surface area contributed by atoms with Crippen LogP contribution < -0.4 is 10.6 Å². The van der Waals surface area contributed by atoms with Gasteiger partial charge in [0, 0.05) is 29.8 Å². The summed E-state index contributed by atoms with van der Waals surface area (Å²) in [4.78, 5) is 9.40. The van der Waals surface area contributed by atoms with Gasteiger partial charge in [-0.3, -0.25) is 10.1 Å². The smallest absolute Gasteiger partial charge is 0.153 e. The average molecular weight is 524 g/mol. The lowest BCUT2D eigenvalue weighted by Gasteiger charge is -2.47. The number of nitriles is 1. The van der Waals surface area contributed by atoms with Gasteiger partial charge >= 0.3 is 0 Å². The monoisotopic (exact) mass is 523 g/mol. The Morgan fingerprint density at radius 2 is 1.97 bits per heavy atom. The first-order valence-electron chi connectivity index (χ1n) is 12.8. The molecule has 2 aliphatic rings. The van der Waals surface area contributed by atoms with Gasteiger partial charge < -0.3 is 20.3 Å². The Kier molecular flexibility index (Phi) is 7.78. The summed E-state index contributed by atoms with van der Waals surface area (Å²) >= 11 is -1.23. The molecule has 2 unspecified atom stereocenters. The second kappa shape index (κ2) is 11.2. The molecular weight excluding hydrogens is 490 g/mol. The summed E-state index contributed by atoms with van der Waals surface area (Å²) in [5.41, 5.74) is 1.42. The normalized spacial score (nSPS) is 23.9. The molecule has 0 aromatic carbocycles. The van der Waals surface area contributed by atoms with Crippen LogP contribution in [0.4, 0.5) is 17.5 Å². The Balaban J connectivity index is 1.36. The number of aromatic amines is 1. The molecule has 37 heavy (non-hydrogen) atoms. The average Bonchev–Trinajstić information content (AvgIpc) is 3.34. The Morgan fingerprint density at radius 3 is 2.62 bits per heavy atom. The van der Waals surface area contributed by atoms with Crippen LogP contribution in [0.2, 0.25) is 0 Å². The molecule has 0 radical (unpaired) electrons. The fraction of sp³-hybridized carbons (Fsp3) is 0.520. The highest BCUT2D eigenvalue weighted by atomic mass is 32.2. The van der Waals surface area contributed by atoms with Gasteiger partial charge in [0.2, 0.25) is 0 Å². The minimum absolute atomic E-state index is 0.0196. The van der Waals surface area contributed by atoms with E-state index in [2.05, 4.69) is 50.0 Å². The lowest BCUT2D eigenvalue weighted by atomic mass is 9.91. The Bertz CT molecular complexity index is 1240. The summed E-state index contributed by atoms with van der Waals surface area (Å²) < 4.78 is 17.5. The second-order valence-electron chi connectivity index (χ2n) is 9.69. The van der Waals surface area contributed by atoms with Crippen molar-refractivity contribution in [1.29, 1.82) is 5.26 Å². The number of rotatable bonds is 9. The standard InChI is InChI=1S/C25H33N9O2S/c1-3-19-8-17(9-20(4-2)34(19)37(36)33-13-16(12-26)14-33)28-25-21-6-5-7-27-22(21)11-23(30-25)29-24-10-18(15-35)31-32-24/h5-7,10-11,16-17,19-20,35H,3-4,8-9,13-15H2,1-2H3,(H3,28,29,30,31,32)/t17?,19-,20+,37?. The molecule has 3 aromatic heterocycles. The topological polar surface area (TPSA) is 152 Å². The fourth-order valence-corrected chi connectivity index (χ4v) is 7.05. The van der Waals surface area contributed by atoms with E-state index in [4.69, 9.17) is 10.2 Å². The molecule has 0 spiro atoms. The molecule has 0 saturated carbocycles. The predicted molar refractivity (Wildman–Crippen MR) is 143 cm³/mol. The van der Waals surface area contributed by atoms with Crippen molar-refractivity contribution in [2.45, 2.75) is 64.3 Å². The van der Waals surface area contributed by atoms with Crippen molar-refractivity contribution in [2.75, 3.05) is 23.7 Å². The highest BCUT2D eigenvalue weighted by Crippen LogP contribution is 2.35. The molecule has 196 valence electrons. The molecule has 12 heteroatoms. The largest absolute Gasteiger partial charge is 0.578 e. The number of fused-ring (bicyclic) bond motifs is 1. The molecule has 2 saturated heterocycles.